The van der Waals surface area contributed by atoms with Crippen LogP contribution in [0.2, 0.25) is 0 Å². The van der Waals surface area contributed by atoms with Crippen LogP contribution in [0.5, 0.6) is 0 Å². The van der Waals surface area contributed by atoms with Gasteiger partial charge in [0.25, 0.3) is 0 Å². The van der Waals surface area contributed by atoms with E-state index in [1.54, 1.807) is 5.57 Å². The van der Waals surface area contributed by atoms with Gasteiger partial charge in [0, 0.05) is 6.54 Å². The highest BCUT2D eigenvalue weighted by Gasteiger charge is 2.50. The van der Waals surface area contributed by atoms with Crippen molar-refractivity contribution in [3.63, 3.8) is 0 Å². The average Bonchev–Trinajstić information content (AvgIpc) is 2.05. The molecule has 0 aromatic carbocycles. The van der Waals surface area contributed by atoms with Crippen molar-refractivity contribution in [1.82, 2.24) is 5.32 Å². The average molecular weight is 165 g/mol. The molecule has 1 nitrogen and oxygen atoms in total. The summed E-state index contributed by atoms with van der Waals surface area (Å²) in [6, 6.07) is 0. The van der Waals surface area contributed by atoms with Crippen molar-refractivity contribution in [3.8, 4) is 0 Å². The molecule has 2 bridgehead atoms. The van der Waals surface area contributed by atoms with Crippen molar-refractivity contribution in [2.24, 2.45) is 17.3 Å². The van der Waals surface area contributed by atoms with Crippen molar-refractivity contribution in [2.75, 3.05) is 13.6 Å². The quantitative estimate of drug-likeness (QED) is 0.618. The number of allylic oxidation sites excluding steroid dienone is 1. The predicted molar refractivity (Wildman–Crippen MR) is 52.0 cm³/mol. The monoisotopic (exact) mass is 165 g/mol. The number of hydrogen-bond donors (Lipinski definition) is 1. The molecule has 0 heterocycles. The van der Waals surface area contributed by atoms with Crippen LogP contribution < -0.4 is 5.32 Å². The molecule has 0 saturated heterocycles. The minimum Gasteiger partial charge on any atom is -0.316 e. The molecule has 0 unspecified atom stereocenters. The predicted octanol–water partition coefficient (Wildman–Crippen LogP) is 2.20. The van der Waals surface area contributed by atoms with Gasteiger partial charge in [-0.3, -0.25) is 0 Å². The van der Waals surface area contributed by atoms with Gasteiger partial charge in [0.2, 0.25) is 0 Å². The van der Waals surface area contributed by atoms with Gasteiger partial charge >= 0.3 is 0 Å². The third-order valence-electron chi connectivity index (χ3n) is 3.96. The Morgan fingerprint density at radius 3 is 2.83 bits per heavy atom. The smallest absolute Gasteiger partial charge is 0.0164 e. The zero-order valence-electron chi connectivity index (χ0n) is 8.35. The summed E-state index contributed by atoms with van der Waals surface area (Å²) < 4.78 is 0. The van der Waals surface area contributed by atoms with Gasteiger partial charge in [0.15, 0.2) is 0 Å². The van der Waals surface area contributed by atoms with Crippen LogP contribution in [0.15, 0.2) is 11.6 Å². The van der Waals surface area contributed by atoms with Gasteiger partial charge in [-0.15, -0.1) is 0 Å². The minimum absolute atomic E-state index is 0.598. The van der Waals surface area contributed by atoms with E-state index in [0.29, 0.717) is 5.41 Å². The summed E-state index contributed by atoms with van der Waals surface area (Å²) in [5, 5.41) is 3.26. The van der Waals surface area contributed by atoms with Gasteiger partial charge in [-0.1, -0.05) is 25.5 Å². The Bertz CT molecular complexity index is 215. The van der Waals surface area contributed by atoms with Crippen LogP contribution in [0.1, 0.15) is 26.7 Å². The fourth-order valence-electron chi connectivity index (χ4n) is 2.88. The lowest BCUT2D eigenvalue weighted by Crippen LogP contribution is -2.49. The van der Waals surface area contributed by atoms with Crippen LogP contribution in [0.3, 0.4) is 0 Å². The highest BCUT2D eigenvalue weighted by molar-refractivity contribution is 5.24. The zero-order valence-corrected chi connectivity index (χ0v) is 8.35. The van der Waals surface area contributed by atoms with Gasteiger partial charge in [0.1, 0.15) is 0 Å². The number of hydrogen-bond acceptors (Lipinski definition) is 1. The van der Waals surface area contributed by atoms with E-state index in [-0.39, 0.29) is 0 Å². The molecule has 0 aromatic heterocycles. The first kappa shape index (κ1) is 8.31. The molecule has 2 atom stereocenters. The van der Waals surface area contributed by atoms with E-state index in [2.05, 4.69) is 25.2 Å². The van der Waals surface area contributed by atoms with Crippen LogP contribution in [-0.2, 0) is 0 Å². The number of rotatable bonds is 2. The Labute approximate surface area is 75.2 Å². The molecule has 0 radical (unpaired) electrons. The first-order chi connectivity index (χ1) is 5.66. The van der Waals surface area contributed by atoms with E-state index >= 15 is 0 Å². The second-order valence-electron chi connectivity index (χ2n) is 4.85. The van der Waals surface area contributed by atoms with E-state index in [4.69, 9.17) is 0 Å². The van der Waals surface area contributed by atoms with E-state index in [0.717, 1.165) is 18.4 Å². The lowest BCUT2D eigenvalue weighted by molar-refractivity contribution is -0.00721. The van der Waals surface area contributed by atoms with E-state index in [9.17, 15) is 0 Å². The van der Waals surface area contributed by atoms with Crippen LogP contribution in [0.4, 0.5) is 0 Å². The number of likely N-dealkylation sites (N-methyl/N-ethyl adjacent to an activating group) is 1. The molecular formula is C11H19N. The van der Waals surface area contributed by atoms with Gasteiger partial charge < -0.3 is 5.32 Å². The number of fused-ring (bicyclic) bond motifs is 1. The second-order valence-corrected chi connectivity index (χ2v) is 4.85. The minimum atomic E-state index is 0.598. The van der Waals surface area contributed by atoms with E-state index in [1.807, 2.05) is 7.05 Å². The normalized spacial score (nSPS) is 37.1. The van der Waals surface area contributed by atoms with Crippen LogP contribution in [0, 0.1) is 17.3 Å². The fourth-order valence-corrected chi connectivity index (χ4v) is 2.88. The molecule has 68 valence electrons. The van der Waals surface area contributed by atoms with Crippen LogP contribution in [-0.4, -0.2) is 13.6 Å². The lowest BCUT2D eigenvalue weighted by atomic mass is 9.49. The molecule has 3 rings (SSSR count). The Balaban J connectivity index is 2.13. The van der Waals surface area contributed by atoms with Gasteiger partial charge in [-0.05, 0) is 37.1 Å². The summed E-state index contributed by atoms with van der Waals surface area (Å²) >= 11 is 0. The summed E-state index contributed by atoms with van der Waals surface area (Å²) in [4.78, 5) is 0. The molecule has 0 amide bonds. The molecule has 3 aliphatic carbocycles. The summed E-state index contributed by atoms with van der Waals surface area (Å²) in [6.07, 6.45) is 5.22. The highest BCUT2D eigenvalue weighted by atomic mass is 14.8. The van der Waals surface area contributed by atoms with Gasteiger partial charge in [-0.25, -0.2) is 0 Å². The van der Waals surface area contributed by atoms with Crippen molar-refractivity contribution in [3.05, 3.63) is 11.6 Å². The highest BCUT2D eigenvalue weighted by Crippen LogP contribution is 2.58. The van der Waals surface area contributed by atoms with Gasteiger partial charge in [-0.2, -0.15) is 0 Å². The maximum Gasteiger partial charge on any atom is 0.0164 e. The second kappa shape index (κ2) is 2.59. The van der Waals surface area contributed by atoms with Crippen LogP contribution >= 0.6 is 0 Å². The van der Waals surface area contributed by atoms with Crippen LogP contribution in [0.25, 0.3) is 0 Å². The zero-order chi connectivity index (χ0) is 8.77. The first-order valence-corrected chi connectivity index (χ1v) is 4.99. The molecule has 1 heteroatoms. The van der Waals surface area contributed by atoms with Crippen molar-refractivity contribution in [1.29, 1.82) is 0 Å². The third-order valence-corrected chi connectivity index (χ3v) is 3.96. The summed E-state index contributed by atoms with van der Waals surface area (Å²) in [7, 11) is 2.04. The van der Waals surface area contributed by atoms with Crippen molar-refractivity contribution >= 4 is 0 Å². The molecule has 0 spiro atoms. The Kier molecular flexibility index (Phi) is 1.80. The largest absolute Gasteiger partial charge is 0.316 e. The van der Waals surface area contributed by atoms with Gasteiger partial charge in [0.05, 0.1) is 0 Å². The molecule has 1 N–H and O–H groups in total. The first-order valence-electron chi connectivity index (χ1n) is 4.99. The molecule has 1 fully saturated rings. The third kappa shape index (κ3) is 0.957. The molecule has 12 heavy (non-hydrogen) atoms. The fraction of sp³-hybridized carbons (Fsp3) is 0.818. The SMILES string of the molecule is CNCC1=CC[C@@H]2C[C@H]1C2(C)C. The maximum atomic E-state index is 3.26. The van der Waals surface area contributed by atoms with E-state index < -0.39 is 0 Å². The van der Waals surface area contributed by atoms with Crippen molar-refractivity contribution in [2.45, 2.75) is 26.7 Å². The Morgan fingerprint density at radius 1 is 1.58 bits per heavy atom. The summed E-state index contributed by atoms with van der Waals surface area (Å²) in [5.41, 5.74) is 2.26. The maximum absolute atomic E-state index is 3.26. The molecule has 0 aromatic rings. The Hall–Kier alpha value is -0.300. The summed E-state index contributed by atoms with van der Waals surface area (Å²) in [5.74, 6) is 1.85. The number of nitrogens with one attached hydrogen (secondary N) is 1. The topological polar surface area (TPSA) is 12.0 Å². The molecule has 3 aliphatic rings. The molecule has 0 aliphatic heterocycles. The summed E-state index contributed by atoms with van der Waals surface area (Å²) in [6.45, 7) is 5.95. The van der Waals surface area contributed by atoms with Crippen molar-refractivity contribution < 1.29 is 0 Å². The van der Waals surface area contributed by atoms with E-state index in [1.165, 1.54) is 12.8 Å². The standard InChI is InChI=1S/C11H19N/c1-11(2)9-5-4-8(7-12-3)10(11)6-9/h4,9-10,12H,5-7H2,1-3H3/t9-,10-/m1/s1. The molecule has 1 saturated carbocycles. The lowest BCUT2D eigenvalue weighted by Gasteiger charge is -2.56. The Morgan fingerprint density at radius 2 is 2.33 bits per heavy atom. The molecular weight excluding hydrogens is 146 g/mol.